The van der Waals surface area contributed by atoms with Gasteiger partial charge in [0.1, 0.15) is 0 Å². The van der Waals surface area contributed by atoms with Crippen molar-refractivity contribution >= 4 is 23.4 Å². The highest BCUT2D eigenvalue weighted by atomic mass is 35.5. The second kappa shape index (κ2) is 7.79. The number of benzene rings is 1. The average Bonchev–Trinajstić information content (AvgIpc) is 2.53. The van der Waals surface area contributed by atoms with Gasteiger partial charge >= 0.3 is 0 Å². The van der Waals surface area contributed by atoms with E-state index in [-0.39, 0.29) is 23.8 Å². The topological polar surface area (TPSA) is 66.6 Å². The molecule has 2 amide bonds. The minimum absolute atomic E-state index is 0.0421. The lowest BCUT2D eigenvalue weighted by Crippen LogP contribution is -2.50. The van der Waals surface area contributed by atoms with E-state index in [1.165, 1.54) is 0 Å². The smallest absolute Gasteiger partial charge is 0.239 e. The predicted octanol–water partition coefficient (Wildman–Crippen LogP) is 1.88. The standard InChI is InChI=1S/C17H24ClN3O2/c1-12(20(2)10-13-5-3-7-15(18)9-13)17(23)21-8-4-6-14(11-21)16(19)22/h3,5,7,9,12,14H,4,6,8,10-11H2,1-2H3,(H2,19,22)/t12-,14-/m1/s1. The van der Waals surface area contributed by atoms with Gasteiger partial charge in [0.25, 0.3) is 0 Å². The number of amides is 2. The molecular formula is C17H24ClN3O2. The van der Waals surface area contributed by atoms with Gasteiger partial charge in [0.05, 0.1) is 12.0 Å². The summed E-state index contributed by atoms with van der Waals surface area (Å²) in [5.74, 6) is -0.499. The summed E-state index contributed by atoms with van der Waals surface area (Å²) in [6, 6.07) is 7.36. The maximum Gasteiger partial charge on any atom is 0.239 e. The summed E-state index contributed by atoms with van der Waals surface area (Å²) >= 11 is 6.00. The zero-order valence-corrected chi connectivity index (χ0v) is 14.4. The van der Waals surface area contributed by atoms with Crippen molar-refractivity contribution < 1.29 is 9.59 Å². The Kier molecular flexibility index (Phi) is 6.02. The molecule has 2 N–H and O–H groups in total. The molecule has 6 heteroatoms. The molecule has 126 valence electrons. The molecule has 1 fully saturated rings. The zero-order valence-electron chi connectivity index (χ0n) is 13.7. The minimum atomic E-state index is -0.317. The first-order chi connectivity index (χ1) is 10.9. The second-order valence-electron chi connectivity index (χ2n) is 6.25. The Morgan fingerprint density at radius 3 is 2.87 bits per heavy atom. The van der Waals surface area contributed by atoms with Gasteiger partial charge in [-0.2, -0.15) is 0 Å². The van der Waals surface area contributed by atoms with Crippen molar-refractivity contribution in [2.24, 2.45) is 11.7 Å². The summed E-state index contributed by atoms with van der Waals surface area (Å²) in [4.78, 5) is 27.8. The molecule has 1 aliphatic rings. The van der Waals surface area contributed by atoms with Gasteiger partial charge in [-0.1, -0.05) is 23.7 Å². The Morgan fingerprint density at radius 2 is 2.22 bits per heavy atom. The molecule has 0 saturated carbocycles. The summed E-state index contributed by atoms with van der Waals surface area (Å²) in [5, 5.41) is 0.690. The van der Waals surface area contributed by atoms with Crippen molar-refractivity contribution in [3.8, 4) is 0 Å². The number of carbonyl (C=O) groups excluding carboxylic acids is 2. The lowest BCUT2D eigenvalue weighted by Gasteiger charge is -2.35. The van der Waals surface area contributed by atoms with Crippen molar-refractivity contribution in [2.45, 2.75) is 32.4 Å². The number of carbonyl (C=O) groups is 2. The largest absolute Gasteiger partial charge is 0.369 e. The van der Waals surface area contributed by atoms with Crippen LogP contribution in [-0.2, 0) is 16.1 Å². The Morgan fingerprint density at radius 1 is 1.48 bits per heavy atom. The van der Waals surface area contributed by atoms with E-state index in [1.54, 1.807) is 4.90 Å². The van der Waals surface area contributed by atoms with Crippen LogP contribution in [0, 0.1) is 5.92 Å². The normalized spacial score (nSPS) is 19.7. The van der Waals surface area contributed by atoms with Gasteiger partial charge in [-0.25, -0.2) is 0 Å². The van der Waals surface area contributed by atoms with E-state index >= 15 is 0 Å². The molecule has 0 bridgehead atoms. The molecular weight excluding hydrogens is 314 g/mol. The molecule has 0 unspecified atom stereocenters. The summed E-state index contributed by atoms with van der Waals surface area (Å²) in [7, 11) is 1.92. The van der Waals surface area contributed by atoms with Gasteiger partial charge in [0.15, 0.2) is 0 Å². The maximum absolute atomic E-state index is 12.7. The fourth-order valence-corrected chi connectivity index (χ4v) is 3.14. The van der Waals surface area contributed by atoms with E-state index in [0.29, 0.717) is 24.7 Å². The number of halogens is 1. The van der Waals surface area contributed by atoms with Crippen molar-refractivity contribution in [1.29, 1.82) is 0 Å². The van der Waals surface area contributed by atoms with Crippen LogP contribution in [-0.4, -0.2) is 47.8 Å². The lowest BCUT2D eigenvalue weighted by atomic mass is 9.97. The number of piperidine rings is 1. The van der Waals surface area contributed by atoms with Crippen molar-refractivity contribution in [2.75, 3.05) is 20.1 Å². The summed E-state index contributed by atoms with van der Waals surface area (Å²) in [6.07, 6.45) is 1.59. The SMILES string of the molecule is C[C@H](C(=O)N1CCC[C@@H](C(N)=O)C1)N(C)Cc1cccc(Cl)c1. The number of hydrogen-bond donors (Lipinski definition) is 1. The quantitative estimate of drug-likeness (QED) is 0.892. The van der Waals surface area contributed by atoms with Crippen LogP contribution in [0.1, 0.15) is 25.3 Å². The van der Waals surface area contributed by atoms with Crippen LogP contribution in [0.3, 0.4) is 0 Å². The minimum Gasteiger partial charge on any atom is -0.369 e. The number of hydrogen-bond acceptors (Lipinski definition) is 3. The molecule has 0 radical (unpaired) electrons. The van der Waals surface area contributed by atoms with Gasteiger partial charge in [0, 0.05) is 24.7 Å². The highest BCUT2D eigenvalue weighted by Crippen LogP contribution is 2.19. The van der Waals surface area contributed by atoms with Gasteiger partial charge in [-0.3, -0.25) is 14.5 Å². The summed E-state index contributed by atoms with van der Waals surface area (Å²) in [6.45, 7) is 3.66. The third-order valence-corrected chi connectivity index (χ3v) is 4.71. The first kappa shape index (κ1) is 17.8. The zero-order chi connectivity index (χ0) is 17.0. The molecule has 1 saturated heterocycles. The van der Waals surface area contributed by atoms with Crippen LogP contribution >= 0.6 is 11.6 Å². The molecule has 1 heterocycles. The van der Waals surface area contributed by atoms with Crippen LogP contribution < -0.4 is 5.73 Å². The molecule has 0 aliphatic carbocycles. The van der Waals surface area contributed by atoms with E-state index in [4.69, 9.17) is 17.3 Å². The average molecular weight is 338 g/mol. The van der Waals surface area contributed by atoms with Crippen LogP contribution in [0.15, 0.2) is 24.3 Å². The summed E-state index contributed by atoms with van der Waals surface area (Å²) < 4.78 is 0. The Hall–Kier alpha value is -1.59. The monoisotopic (exact) mass is 337 g/mol. The second-order valence-corrected chi connectivity index (χ2v) is 6.68. The van der Waals surface area contributed by atoms with Gasteiger partial charge in [-0.15, -0.1) is 0 Å². The summed E-state index contributed by atoms with van der Waals surface area (Å²) in [5.41, 5.74) is 6.45. The van der Waals surface area contributed by atoms with Gasteiger partial charge in [0.2, 0.25) is 11.8 Å². The Bertz CT molecular complexity index is 579. The number of rotatable bonds is 5. The molecule has 1 aromatic carbocycles. The number of primary amides is 1. The third-order valence-electron chi connectivity index (χ3n) is 4.47. The predicted molar refractivity (Wildman–Crippen MR) is 90.9 cm³/mol. The number of likely N-dealkylation sites (tertiary alicyclic amines) is 1. The fourth-order valence-electron chi connectivity index (χ4n) is 2.92. The van der Waals surface area contributed by atoms with Crippen molar-refractivity contribution in [1.82, 2.24) is 9.80 Å². The van der Waals surface area contributed by atoms with Crippen LogP contribution in [0.4, 0.5) is 0 Å². The van der Waals surface area contributed by atoms with E-state index in [1.807, 2.05) is 43.1 Å². The molecule has 2 rings (SSSR count). The third kappa shape index (κ3) is 4.69. The number of nitrogens with two attached hydrogens (primary N) is 1. The lowest BCUT2D eigenvalue weighted by molar-refractivity contribution is -0.139. The molecule has 5 nitrogen and oxygen atoms in total. The molecule has 2 atom stereocenters. The first-order valence-corrected chi connectivity index (χ1v) is 8.29. The molecule has 23 heavy (non-hydrogen) atoms. The van der Waals surface area contributed by atoms with E-state index < -0.39 is 0 Å². The molecule has 0 spiro atoms. The number of nitrogens with zero attached hydrogens (tertiary/aromatic N) is 2. The van der Waals surface area contributed by atoms with E-state index in [0.717, 1.165) is 18.4 Å². The fraction of sp³-hybridized carbons (Fsp3) is 0.529. The first-order valence-electron chi connectivity index (χ1n) is 7.91. The maximum atomic E-state index is 12.7. The van der Waals surface area contributed by atoms with Crippen LogP contribution in [0.5, 0.6) is 0 Å². The molecule has 1 aliphatic heterocycles. The number of likely N-dealkylation sites (N-methyl/N-ethyl adjacent to an activating group) is 1. The van der Waals surface area contributed by atoms with Crippen molar-refractivity contribution in [3.05, 3.63) is 34.9 Å². The van der Waals surface area contributed by atoms with Crippen LogP contribution in [0.2, 0.25) is 5.02 Å². The Labute approximate surface area is 142 Å². The van der Waals surface area contributed by atoms with Gasteiger partial charge < -0.3 is 10.6 Å². The van der Waals surface area contributed by atoms with Crippen molar-refractivity contribution in [3.63, 3.8) is 0 Å². The van der Waals surface area contributed by atoms with Gasteiger partial charge in [-0.05, 0) is 44.5 Å². The highest BCUT2D eigenvalue weighted by molar-refractivity contribution is 6.30. The van der Waals surface area contributed by atoms with E-state index in [2.05, 4.69) is 0 Å². The molecule has 1 aromatic rings. The Balaban J connectivity index is 1.96. The highest BCUT2D eigenvalue weighted by Gasteiger charge is 2.30. The van der Waals surface area contributed by atoms with E-state index in [9.17, 15) is 9.59 Å². The molecule has 0 aromatic heterocycles. The van der Waals surface area contributed by atoms with Crippen LogP contribution in [0.25, 0.3) is 0 Å².